The molecule has 0 saturated carbocycles. The van der Waals surface area contributed by atoms with Crippen LogP contribution in [0.2, 0.25) is 0 Å². The quantitative estimate of drug-likeness (QED) is 0.480. The van der Waals surface area contributed by atoms with Crippen molar-refractivity contribution in [1.29, 1.82) is 0 Å². The number of nitrogens with zero attached hydrogens (tertiary/aromatic N) is 1. The maximum Gasteiger partial charge on any atom is 0.325 e. The minimum atomic E-state index is -0.762. The van der Waals surface area contributed by atoms with Gasteiger partial charge in [-0.15, -0.1) is 0 Å². The van der Waals surface area contributed by atoms with Crippen molar-refractivity contribution in [1.82, 2.24) is 10.2 Å². The topological polar surface area (TPSA) is 108 Å². The Balaban J connectivity index is 2.11. The first kappa shape index (κ1) is 12.3. The van der Waals surface area contributed by atoms with Gasteiger partial charge in [0, 0.05) is 12.6 Å². The summed E-state index contributed by atoms with van der Waals surface area (Å²) in [5.41, 5.74) is 6.45. The molecule has 0 aromatic rings. The molecule has 2 rings (SSSR count). The highest BCUT2D eigenvalue weighted by atomic mass is 16.5. The van der Waals surface area contributed by atoms with Crippen molar-refractivity contribution in [2.45, 2.75) is 37.9 Å². The van der Waals surface area contributed by atoms with E-state index in [1.807, 2.05) is 0 Å². The van der Waals surface area contributed by atoms with Crippen LogP contribution in [0, 0.1) is 0 Å². The number of hydrogen-bond donors (Lipinski definition) is 4. The maximum absolute atomic E-state index is 11.7. The normalized spacial score (nSPS) is 38.0. The van der Waals surface area contributed by atoms with Gasteiger partial charge in [0.1, 0.15) is 18.5 Å². The van der Waals surface area contributed by atoms with Crippen LogP contribution in [0.25, 0.3) is 0 Å². The number of ether oxygens (including phenoxy) is 1. The summed E-state index contributed by atoms with van der Waals surface area (Å²) >= 11 is 0. The molecule has 2 aliphatic rings. The molecule has 2 heterocycles. The van der Waals surface area contributed by atoms with E-state index in [0.29, 0.717) is 0 Å². The number of nitrogens with two attached hydrogens (primary N) is 1. The first-order valence-electron chi connectivity index (χ1n) is 5.50. The molecular formula is C10H17N3O4. The van der Waals surface area contributed by atoms with Crippen LogP contribution in [0.15, 0.2) is 11.8 Å². The second-order valence-electron chi connectivity index (χ2n) is 4.32. The number of hydrogen-bond acceptors (Lipinski definition) is 5. The van der Waals surface area contributed by atoms with E-state index in [0.717, 1.165) is 5.57 Å². The van der Waals surface area contributed by atoms with Gasteiger partial charge in [-0.25, -0.2) is 4.79 Å². The highest BCUT2D eigenvalue weighted by Gasteiger charge is 2.39. The van der Waals surface area contributed by atoms with Crippen LogP contribution >= 0.6 is 0 Å². The van der Waals surface area contributed by atoms with Gasteiger partial charge in [-0.1, -0.05) is 0 Å². The first-order chi connectivity index (χ1) is 8.02. The van der Waals surface area contributed by atoms with Gasteiger partial charge in [-0.2, -0.15) is 0 Å². The molecule has 5 N–H and O–H groups in total. The van der Waals surface area contributed by atoms with Crippen molar-refractivity contribution >= 4 is 6.03 Å². The lowest BCUT2D eigenvalue weighted by atomic mass is 10.1. The average molecular weight is 243 g/mol. The van der Waals surface area contributed by atoms with E-state index in [2.05, 4.69) is 5.32 Å². The van der Waals surface area contributed by atoms with E-state index < -0.39 is 24.6 Å². The smallest absolute Gasteiger partial charge is 0.325 e. The van der Waals surface area contributed by atoms with Gasteiger partial charge in [-0.3, -0.25) is 4.90 Å². The summed E-state index contributed by atoms with van der Waals surface area (Å²) < 4.78 is 5.40. The Hall–Kier alpha value is -1.15. The van der Waals surface area contributed by atoms with Crippen LogP contribution in [-0.4, -0.2) is 52.4 Å². The highest BCUT2D eigenvalue weighted by molar-refractivity contribution is 5.77. The Morgan fingerprint density at radius 3 is 3.00 bits per heavy atom. The van der Waals surface area contributed by atoms with E-state index in [4.69, 9.17) is 15.6 Å². The Morgan fingerprint density at radius 1 is 1.71 bits per heavy atom. The zero-order valence-electron chi connectivity index (χ0n) is 9.54. The van der Waals surface area contributed by atoms with Crippen LogP contribution in [0.4, 0.5) is 4.79 Å². The molecule has 2 amide bonds. The Bertz CT molecular complexity index is 346. The number of nitrogens with one attached hydrogen (secondary N) is 1. The van der Waals surface area contributed by atoms with E-state index in [1.165, 1.54) is 4.90 Å². The highest BCUT2D eigenvalue weighted by Crippen LogP contribution is 2.25. The first-order valence-corrected chi connectivity index (χ1v) is 5.50. The molecule has 0 radical (unpaired) electrons. The Kier molecular flexibility index (Phi) is 3.34. The monoisotopic (exact) mass is 243 g/mol. The number of carbonyl (C=O) groups excluding carboxylic acids is 1. The minimum Gasteiger partial charge on any atom is -0.394 e. The number of aliphatic hydroxyl groups excluding tert-OH is 2. The number of aliphatic hydroxyl groups is 2. The SMILES string of the molecule is CC1=CN([C@H]2C[C@@H](O)C(CO)O2)C(=O)NC1N. The molecule has 4 atom stereocenters. The fourth-order valence-electron chi connectivity index (χ4n) is 1.94. The molecule has 7 heteroatoms. The lowest BCUT2D eigenvalue weighted by Gasteiger charge is -2.32. The summed E-state index contributed by atoms with van der Waals surface area (Å²) in [6, 6.07) is -0.362. The van der Waals surface area contributed by atoms with E-state index in [1.54, 1.807) is 13.1 Å². The lowest BCUT2D eigenvalue weighted by molar-refractivity contribution is -0.0544. The summed E-state index contributed by atoms with van der Waals surface area (Å²) in [5.74, 6) is 0. The number of urea groups is 1. The van der Waals surface area contributed by atoms with Gasteiger partial charge < -0.3 is 26.0 Å². The second-order valence-corrected chi connectivity index (χ2v) is 4.32. The zero-order chi connectivity index (χ0) is 12.6. The molecular weight excluding hydrogens is 226 g/mol. The van der Waals surface area contributed by atoms with Crippen molar-refractivity contribution in [3.63, 3.8) is 0 Å². The summed E-state index contributed by atoms with van der Waals surface area (Å²) in [6.07, 6.45) is -0.569. The van der Waals surface area contributed by atoms with Gasteiger partial charge in [0.25, 0.3) is 0 Å². The lowest BCUT2D eigenvalue weighted by Crippen LogP contribution is -2.54. The van der Waals surface area contributed by atoms with Crippen LogP contribution in [0.3, 0.4) is 0 Å². The van der Waals surface area contributed by atoms with Gasteiger partial charge in [0.05, 0.1) is 12.7 Å². The number of amides is 2. The fourth-order valence-corrected chi connectivity index (χ4v) is 1.94. The standard InChI is InChI=1S/C10H17N3O4/c1-5-3-13(10(16)12-9(5)11)8-2-6(15)7(4-14)17-8/h3,6-9,14-15H,2,4,11H2,1H3,(H,12,16)/t6-,7?,8-,9?/m1/s1. The van der Waals surface area contributed by atoms with Gasteiger partial charge in [-0.05, 0) is 12.5 Å². The molecule has 2 aliphatic heterocycles. The van der Waals surface area contributed by atoms with Crippen molar-refractivity contribution in [2.75, 3.05) is 6.61 Å². The Morgan fingerprint density at radius 2 is 2.41 bits per heavy atom. The zero-order valence-corrected chi connectivity index (χ0v) is 9.54. The molecule has 0 spiro atoms. The molecule has 1 fully saturated rings. The molecule has 0 aromatic heterocycles. The largest absolute Gasteiger partial charge is 0.394 e. The molecule has 7 nitrogen and oxygen atoms in total. The third kappa shape index (κ3) is 2.27. The van der Waals surface area contributed by atoms with Crippen molar-refractivity contribution in [2.24, 2.45) is 5.73 Å². The predicted molar refractivity (Wildman–Crippen MR) is 58.5 cm³/mol. The number of carbonyl (C=O) groups is 1. The third-order valence-electron chi connectivity index (χ3n) is 3.04. The van der Waals surface area contributed by atoms with Crippen LogP contribution in [0.5, 0.6) is 0 Å². The summed E-state index contributed by atoms with van der Waals surface area (Å²) in [7, 11) is 0. The van der Waals surface area contributed by atoms with Crippen LogP contribution in [0.1, 0.15) is 13.3 Å². The third-order valence-corrected chi connectivity index (χ3v) is 3.04. The van der Waals surface area contributed by atoms with Crippen LogP contribution in [-0.2, 0) is 4.74 Å². The Labute approximate surface area is 98.8 Å². The van der Waals surface area contributed by atoms with E-state index in [-0.39, 0.29) is 19.1 Å². The average Bonchev–Trinajstić information content (AvgIpc) is 2.65. The molecule has 2 unspecified atom stereocenters. The molecule has 96 valence electrons. The van der Waals surface area contributed by atoms with Crippen molar-refractivity contribution in [3.8, 4) is 0 Å². The summed E-state index contributed by atoms with van der Waals surface area (Å²) in [4.78, 5) is 13.1. The van der Waals surface area contributed by atoms with Crippen molar-refractivity contribution < 1.29 is 19.7 Å². The second kappa shape index (κ2) is 4.61. The van der Waals surface area contributed by atoms with E-state index in [9.17, 15) is 9.90 Å². The number of rotatable bonds is 2. The van der Waals surface area contributed by atoms with Crippen LogP contribution < -0.4 is 11.1 Å². The fraction of sp³-hybridized carbons (Fsp3) is 0.700. The van der Waals surface area contributed by atoms with E-state index >= 15 is 0 Å². The van der Waals surface area contributed by atoms with Gasteiger partial charge in [0.2, 0.25) is 0 Å². The van der Waals surface area contributed by atoms with Gasteiger partial charge >= 0.3 is 6.03 Å². The molecule has 0 aliphatic carbocycles. The molecule has 0 bridgehead atoms. The van der Waals surface area contributed by atoms with Crippen molar-refractivity contribution in [3.05, 3.63) is 11.8 Å². The maximum atomic E-state index is 11.7. The molecule has 17 heavy (non-hydrogen) atoms. The minimum absolute atomic E-state index is 0.269. The summed E-state index contributed by atoms with van der Waals surface area (Å²) in [5, 5.41) is 21.2. The molecule has 0 aromatic carbocycles. The molecule has 1 saturated heterocycles. The summed E-state index contributed by atoms with van der Waals surface area (Å²) in [6.45, 7) is 1.53. The van der Waals surface area contributed by atoms with Gasteiger partial charge in [0.15, 0.2) is 0 Å². The predicted octanol–water partition coefficient (Wildman–Crippen LogP) is -1.33.